The van der Waals surface area contributed by atoms with Gasteiger partial charge in [0.25, 0.3) is 0 Å². The van der Waals surface area contributed by atoms with E-state index in [1.165, 1.54) is 99.1 Å². The molecule has 0 atom stereocenters. The van der Waals surface area contributed by atoms with E-state index in [0.717, 1.165) is 28.2 Å². The highest BCUT2D eigenvalue weighted by Crippen LogP contribution is 2.57. The van der Waals surface area contributed by atoms with E-state index < -0.39 is 5.41 Å². The maximum absolute atomic E-state index is 2.57. The van der Waals surface area contributed by atoms with Gasteiger partial charge in [0.1, 0.15) is 0 Å². The summed E-state index contributed by atoms with van der Waals surface area (Å²) in [6.07, 6.45) is 0. The molecular weight excluding hydrogens is 891 g/mol. The van der Waals surface area contributed by atoms with Crippen LogP contribution < -0.4 is 4.90 Å². The Morgan fingerprint density at radius 1 is 0.243 bits per heavy atom. The van der Waals surface area contributed by atoms with Gasteiger partial charge in [-0.05, 0) is 130 Å². The molecular formula is C73H49N. The summed E-state index contributed by atoms with van der Waals surface area (Å²) in [7, 11) is 0. The van der Waals surface area contributed by atoms with E-state index in [9.17, 15) is 0 Å². The molecule has 14 rings (SSSR count). The molecule has 0 fully saturated rings. The van der Waals surface area contributed by atoms with Gasteiger partial charge < -0.3 is 4.90 Å². The Hall–Kier alpha value is -9.56. The molecule has 1 aliphatic carbocycles. The van der Waals surface area contributed by atoms with Gasteiger partial charge in [-0.1, -0.05) is 267 Å². The van der Waals surface area contributed by atoms with Crippen molar-refractivity contribution in [2.75, 3.05) is 4.90 Å². The smallest absolute Gasteiger partial charge is 0.0714 e. The Morgan fingerprint density at radius 3 is 1.43 bits per heavy atom. The van der Waals surface area contributed by atoms with Gasteiger partial charge in [-0.2, -0.15) is 0 Å². The summed E-state index contributed by atoms with van der Waals surface area (Å²) in [6.45, 7) is 0. The molecule has 0 amide bonds. The van der Waals surface area contributed by atoms with Crippen LogP contribution in [0, 0.1) is 0 Å². The van der Waals surface area contributed by atoms with E-state index in [1.54, 1.807) is 0 Å². The summed E-state index contributed by atoms with van der Waals surface area (Å²) in [5.41, 5.74) is 19.7. The minimum Gasteiger partial charge on any atom is -0.309 e. The van der Waals surface area contributed by atoms with Crippen LogP contribution in [0.3, 0.4) is 0 Å². The summed E-state index contributed by atoms with van der Waals surface area (Å²) in [5, 5.41) is 7.24. The molecule has 346 valence electrons. The van der Waals surface area contributed by atoms with Crippen molar-refractivity contribution in [2.24, 2.45) is 0 Å². The highest BCUT2D eigenvalue weighted by Gasteiger charge is 2.46. The zero-order chi connectivity index (χ0) is 49.0. The van der Waals surface area contributed by atoms with Gasteiger partial charge in [-0.25, -0.2) is 0 Å². The second-order valence-corrected chi connectivity index (χ2v) is 19.5. The summed E-state index contributed by atoms with van der Waals surface area (Å²) >= 11 is 0. The molecule has 0 spiro atoms. The van der Waals surface area contributed by atoms with Crippen molar-refractivity contribution in [1.82, 2.24) is 0 Å². The maximum atomic E-state index is 2.57. The van der Waals surface area contributed by atoms with Crippen LogP contribution in [0.15, 0.2) is 297 Å². The lowest BCUT2D eigenvalue weighted by atomic mass is 9.67. The van der Waals surface area contributed by atoms with E-state index in [0.29, 0.717) is 0 Å². The van der Waals surface area contributed by atoms with E-state index >= 15 is 0 Å². The van der Waals surface area contributed by atoms with Gasteiger partial charge in [0.15, 0.2) is 0 Å². The summed E-state index contributed by atoms with van der Waals surface area (Å²) in [6, 6.07) is 110. The zero-order valence-electron chi connectivity index (χ0n) is 40.7. The van der Waals surface area contributed by atoms with Crippen LogP contribution in [0.2, 0.25) is 0 Å². The van der Waals surface area contributed by atoms with Gasteiger partial charge in [0.2, 0.25) is 0 Å². The van der Waals surface area contributed by atoms with Crippen LogP contribution in [0.5, 0.6) is 0 Å². The number of hydrogen-bond acceptors (Lipinski definition) is 1. The monoisotopic (exact) mass is 939 g/mol. The number of nitrogens with zero attached hydrogens (tertiary/aromatic N) is 1. The fourth-order valence-corrected chi connectivity index (χ4v) is 12.2. The molecule has 1 aliphatic rings. The number of benzene rings is 13. The average molecular weight is 940 g/mol. The zero-order valence-corrected chi connectivity index (χ0v) is 40.7. The van der Waals surface area contributed by atoms with Crippen molar-refractivity contribution in [3.8, 4) is 55.6 Å². The highest BCUT2D eigenvalue weighted by atomic mass is 15.1. The van der Waals surface area contributed by atoms with Gasteiger partial charge in [-0.3, -0.25) is 0 Å². The first kappa shape index (κ1) is 43.2. The minimum atomic E-state index is -0.590. The lowest BCUT2D eigenvalue weighted by molar-refractivity contribution is 0.768. The van der Waals surface area contributed by atoms with Gasteiger partial charge in [-0.15, -0.1) is 0 Å². The van der Waals surface area contributed by atoms with E-state index in [1.807, 2.05) is 0 Å². The summed E-state index contributed by atoms with van der Waals surface area (Å²) in [4.78, 5) is 2.57. The molecule has 0 aromatic heterocycles. The van der Waals surface area contributed by atoms with Crippen LogP contribution in [0.1, 0.15) is 22.3 Å². The van der Waals surface area contributed by atoms with E-state index in [-0.39, 0.29) is 0 Å². The molecule has 74 heavy (non-hydrogen) atoms. The van der Waals surface area contributed by atoms with Gasteiger partial charge in [0.05, 0.1) is 11.1 Å². The molecule has 0 bridgehead atoms. The molecule has 0 radical (unpaired) electrons. The molecule has 0 saturated heterocycles. The fourth-order valence-electron chi connectivity index (χ4n) is 12.2. The predicted octanol–water partition coefficient (Wildman–Crippen LogP) is 19.6. The van der Waals surface area contributed by atoms with Crippen LogP contribution in [-0.4, -0.2) is 0 Å². The first-order chi connectivity index (χ1) is 36.7. The first-order valence-corrected chi connectivity index (χ1v) is 25.7. The number of anilines is 3. The van der Waals surface area contributed by atoms with Crippen LogP contribution >= 0.6 is 0 Å². The SMILES string of the molecule is c1ccc(-c2ccc(-c3ccc(N(c4cccc(C5(c6ccccc6)c6ccccc6-c6ccccc65)c4)c4c(-c5ccc6ccccc6c5)c5ccccc5c5ccccc45)cc3-c3ccccc3)cc2)cc1. The lowest BCUT2D eigenvalue weighted by Crippen LogP contribution is -2.28. The Balaban J connectivity index is 1.08. The van der Waals surface area contributed by atoms with Gasteiger partial charge in [0, 0.05) is 22.3 Å². The first-order valence-electron chi connectivity index (χ1n) is 25.7. The maximum Gasteiger partial charge on any atom is 0.0714 e. The quantitative estimate of drug-likeness (QED) is 0.130. The Kier molecular flexibility index (Phi) is 10.5. The number of rotatable bonds is 9. The third kappa shape index (κ3) is 7.00. The van der Waals surface area contributed by atoms with Crippen molar-refractivity contribution in [2.45, 2.75) is 5.41 Å². The van der Waals surface area contributed by atoms with Crippen molar-refractivity contribution >= 4 is 49.4 Å². The van der Waals surface area contributed by atoms with Crippen LogP contribution in [-0.2, 0) is 5.41 Å². The fraction of sp³-hybridized carbons (Fsp3) is 0.0137. The minimum absolute atomic E-state index is 0.590. The number of fused-ring (bicyclic) bond motifs is 7. The standard InChI is InChI=1S/C73H49N/c1-4-21-50(22-5-1)52-39-42-54(43-40-52)61-46-45-60(49-68(61)53-24-6-2-7-25-53)74(72-67-36-15-13-32-63(67)62-31-12-14-35-66(62)71(72)56-44-41-51-23-10-11-26-55(51)47-56)59-30-20-29-58(48-59)73(57-27-8-3-9-28-57)69-37-18-16-33-64(69)65-34-17-19-38-70(65)73/h1-49H. The van der Waals surface area contributed by atoms with E-state index in [2.05, 4.69) is 302 Å². The summed E-state index contributed by atoms with van der Waals surface area (Å²) in [5.74, 6) is 0. The molecule has 1 heteroatoms. The molecule has 0 unspecified atom stereocenters. The lowest BCUT2D eigenvalue weighted by Gasteiger charge is -2.36. The Bertz CT molecular complexity index is 4190. The highest BCUT2D eigenvalue weighted by molar-refractivity contribution is 6.23. The molecule has 0 saturated carbocycles. The predicted molar refractivity (Wildman–Crippen MR) is 313 cm³/mol. The molecule has 0 aliphatic heterocycles. The molecule has 0 N–H and O–H groups in total. The van der Waals surface area contributed by atoms with E-state index in [4.69, 9.17) is 0 Å². The normalized spacial score (nSPS) is 12.4. The Morgan fingerprint density at radius 2 is 0.730 bits per heavy atom. The van der Waals surface area contributed by atoms with Crippen LogP contribution in [0.25, 0.3) is 88.0 Å². The topological polar surface area (TPSA) is 3.24 Å². The molecule has 13 aromatic rings. The second kappa shape index (κ2) is 17.9. The van der Waals surface area contributed by atoms with Crippen molar-refractivity contribution in [1.29, 1.82) is 0 Å². The number of hydrogen-bond donors (Lipinski definition) is 0. The third-order valence-electron chi connectivity index (χ3n) is 15.5. The Labute approximate surface area is 432 Å². The molecule has 13 aromatic carbocycles. The average Bonchev–Trinajstić information content (AvgIpc) is 3.88. The van der Waals surface area contributed by atoms with Crippen molar-refractivity contribution in [3.63, 3.8) is 0 Å². The summed E-state index contributed by atoms with van der Waals surface area (Å²) < 4.78 is 0. The van der Waals surface area contributed by atoms with Gasteiger partial charge >= 0.3 is 0 Å². The van der Waals surface area contributed by atoms with Crippen molar-refractivity contribution in [3.05, 3.63) is 320 Å². The van der Waals surface area contributed by atoms with Crippen LogP contribution in [0.4, 0.5) is 17.1 Å². The molecule has 1 nitrogen and oxygen atoms in total. The van der Waals surface area contributed by atoms with Crippen molar-refractivity contribution < 1.29 is 0 Å². The largest absolute Gasteiger partial charge is 0.309 e. The molecule has 0 heterocycles. The second-order valence-electron chi connectivity index (χ2n) is 19.5. The third-order valence-corrected chi connectivity index (χ3v) is 15.5.